The van der Waals surface area contributed by atoms with Crippen molar-refractivity contribution in [3.8, 4) is 0 Å². The molecule has 0 saturated heterocycles. The maximum absolute atomic E-state index is 11.1. The van der Waals surface area contributed by atoms with Crippen molar-refractivity contribution < 1.29 is 24.2 Å². The van der Waals surface area contributed by atoms with E-state index in [0.29, 0.717) is 0 Å². The van der Waals surface area contributed by atoms with Crippen molar-refractivity contribution in [3.63, 3.8) is 0 Å². The lowest BCUT2D eigenvalue weighted by Gasteiger charge is -2.14. The second-order valence-corrected chi connectivity index (χ2v) is 4.48. The summed E-state index contributed by atoms with van der Waals surface area (Å²) in [4.78, 5) is 32.6. The van der Waals surface area contributed by atoms with Gasteiger partial charge in [0.1, 0.15) is 5.25 Å². The van der Waals surface area contributed by atoms with Crippen molar-refractivity contribution in [2.75, 3.05) is 12.9 Å². The van der Waals surface area contributed by atoms with Crippen LogP contribution in [0.3, 0.4) is 0 Å². The van der Waals surface area contributed by atoms with Gasteiger partial charge in [0, 0.05) is 0 Å². The number of imide groups is 1. The van der Waals surface area contributed by atoms with Gasteiger partial charge in [0.15, 0.2) is 0 Å². The van der Waals surface area contributed by atoms with Crippen LogP contribution in [-0.4, -0.2) is 41.2 Å². The molecule has 1 atom stereocenters. The lowest BCUT2D eigenvalue weighted by molar-refractivity contribution is -0.137. The van der Waals surface area contributed by atoms with E-state index in [1.54, 1.807) is 13.8 Å². The molecular formula is C9H15NO5S. The van der Waals surface area contributed by atoms with E-state index in [1.807, 2.05) is 5.32 Å². The van der Waals surface area contributed by atoms with Gasteiger partial charge in [-0.25, -0.2) is 4.79 Å². The zero-order valence-electron chi connectivity index (χ0n) is 9.35. The Hall–Kier alpha value is -1.24. The zero-order valence-corrected chi connectivity index (χ0v) is 10.2. The normalized spacial score (nSPS) is 12.0. The molecule has 6 nitrogen and oxygen atoms in total. The first-order valence-corrected chi connectivity index (χ1v) is 5.65. The van der Waals surface area contributed by atoms with E-state index >= 15 is 0 Å². The standard InChI is InChI=1S/C9H15NO5S/c1-5(2)7(8(12)13)16-4-6(11)10-9(14)15-3/h5,7H,4H2,1-3H3,(H,12,13)(H,10,11,14). The molecule has 0 spiro atoms. The van der Waals surface area contributed by atoms with Crippen LogP contribution in [0.4, 0.5) is 4.79 Å². The van der Waals surface area contributed by atoms with Crippen molar-refractivity contribution >= 4 is 29.7 Å². The van der Waals surface area contributed by atoms with Gasteiger partial charge in [-0.15, -0.1) is 11.8 Å². The predicted octanol–water partition coefficient (Wildman–Crippen LogP) is 0.711. The third-order valence-corrected chi connectivity index (χ3v) is 3.20. The molecule has 0 aliphatic carbocycles. The van der Waals surface area contributed by atoms with E-state index in [9.17, 15) is 14.4 Å². The van der Waals surface area contributed by atoms with E-state index in [2.05, 4.69) is 4.74 Å². The summed E-state index contributed by atoms with van der Waals surface area (Å²) < 4.78 is 4.23. The van der Waals surface area contributed by atoms with Gasteiger partial charge in [0.05, 0.1) is 12.9 Å². The fourth-order valence-corrected chi connectivity index (χ4v) is 1.85. The highest BCUT2D eigenvalue weighted by Crippen LogP contribution is 2.19. The molecule has 0 rings (SSSR count). The van der Waals surface area contributed by atoms with Gasteiger partial charge in [-0.05, 0) is 5.92 Å². The SMILES string of the molecule is COC(=O)NC(=O)CSC(C(=O)O)C(C)C. The number of ether oxygens (including phenoxy) is 1. The summed E-state index contributed by atoms with van der Waals surface area (Å²) in [6, 6.07) is 0. The first kappa shape index (κ1) is 14.8. The fraction of sp³-hybridized carbons (Fsp3) is 0.667. The second kappa shape index (κ2) is 7.10. The van der Waals surface area contributed by atoms with Crippen LogP contribution < -0.4 is 5.32 Å². The summed E-state index contributed by atoms with van der Waals surface area (Å²) in [5.41, 5.74) is 0. The summed E-state index contributed by atoms with van der Waals surface area (Å²) >= 11 is 0.979. The van der Waals surface area contributed by atoms with Crippen LogP contribution in [0.25, 0.3) is 0 Å². The third kappa shape index (κ3) is 5.59. The fourth-order valence-electron chi connectivity index (χ4n) is 0.915. The molecule has 2 amide bonds. The largest absolute Gasteiger partial charge is 0.480 e. The van der Waals surface area contributed by atoms with E-state index in [4.69, 9.17) is 5.11 Å². The lowest BCUT2D eigenvalue weighted by atomic mass is 10.1. The van der Waals surface area contributed by atoms with Gasteiger partial charge in [-0.2, -0.15) is 0 Å². The van der Waals surface area contributed by atoms with Crippen LogP contribution >= 0.6 is 11.8 Å². The number of hydrogen-bond donors (Lipinski definition) is 2. The second-order valence-electron chi connectivity index (χ2n) is 3.35. The van der Waals surface area contributed by atoms with Crippen LogP contribution in [0.5, 0.6) is 0 Å². The van der Waals surface area contributed by atoms with Gasteiger partial charge in [0.2, 0.25) is 5.91 Å². The number of nitrogens with one attached hydrogen (secondary N) is 1. The molecule has 0 aliphatic heterocycles. The molecule has 1 unspecified atom stereocenters. The predicted molar refractivity (Wildman–Crippen MR) is 59.3 cm³/mol. The molecule has 0 radical (unpaired) electrons. The summed E-state index contributed by atoms with van der Waals surface area (Å²) in [6.45, 7) is 3.51. The minimum absolute atomic E-state index is 0.0894. The Balaban J connectivity index is 4.07. The number of rotatable bonds is 5. The maximum Gasteiger partial charge on any atom is 0.413 e. The number of thioether (sulfide) groups is 1. The highest BCUT2D eigenvalue weighted by atomic mass is 32.2. The van der Waals surface area contributed by atoms with Crippen LogP contribution in [0.1, 0.15) is 13.8 Å². The Morgan fingerprint density at radius 1 is 1.38 bits per heavy atom. The molecule has 92 valence electrons. The Bertz CT molecular complexity index is 279. The Kier molecular flexibility index (Phi) is 6.55. The van der Waals surface area contributed by atoms with Gasteiger partial charge in [-0.3, -0.25) is 14.9 Å². The van der Waals surface area contributed by atoms with Crippen molar-refractivity contribution in [1.29, 1.82) is 0 Å². The zero-order chi connectivity index (χ0) is 12.7. The van der Waals surface area contributed by atoms with Crippen LogP contribution in [0, 0.1) is 5.92 Å². The lowest BCUT2D eigenvalue weighted by Crippen LogP contribution is -2.33. The maximum atomic E-state index is 11.1. The number of carbonyl (C=O) groups excluding carboxylic acids is 2. The minimum Gasteiger partial charge on any atom is -0.480 e. The van der Waals surface area contributed by atoms with Gasteiger partial charge in [0.25, 0.3) is 0 Å². The number of carbonyl (C=O) groups is 3. The van der Waals surface area contributed by atoms with Crippen molar-refractivity contribution in [2.45, 2.75) is 19.1 Å². The summed E-state index contributed by atoms with van der Waals surface area (Å²) in [5.74, 6) is -1.72. The number of methoxy groups -OCH3 is 1. The molecule has 0 heterocycles. The first-order chi connectivity index (χ1) is 7.38. The molecule has 0 saturated carbocycles. The Labute approximate surface area is 97.7 Å². The average Bonchev–Trinajstić information content (AvgIpc) is 2.16. The molecule has 2 N–H and O–H groups in total. The number of alkyl carbamates (subject to hydrolysis) is 1. The molecule has 0 aromatic carbocycles. The summed E-state index contributed by atoms with van der Waals surface area (Å²) in [6.07, 6.45) is -0.845. The summed E-state index contributed by atoms with van der Waals surface area (Å²) in [7, 11) is 1.14. The van der Waals surface area contributed by atoms with E-state index in [1.165, 1.54) is 0 Å². The number of carboxylic acid groups (broad SMARTS) is 1. The van der Waals surface area contributed by atoms with Gasteiger partial charge >= 0.3 is 12.1 Å². The van der Waals surface area contributed by atoms with Crippen LogP contribution in [-0.2, 0) is 14.3 Å². The summed E-state index contributed by atoms with van der Waals surface area (Å²) in [5, 5.41) is 10.1. The molecule has 7 heteroatoms. The average molecular weight is 249 g/mol. The van der Waals surface area contributed by atoms with Crippen molar-refractivity contribution in [1.82, 2.24) is 5.32 Å². The first-order valence-electron chi connectivity index (χ1n) is 4.60. The highest BCUT2D eigenvalue weighted by Gasteiger charge is 2.23. The van der Waals surface area contributed by atoms with Crippen LogP contribution in [0.2, 0.25) is 0 Å². The number of hydrogen-bond acceptors (Lipinski definition) is 5. The smallest absolute Gasteiger partial charge is 0.413 e. The van der Waals surface area contributed by atoms with Gasteiger partial charge < -0.3 is 9.84 Å². The monoisotopic (exact) mass is 249 g/mol. The number of aliphatic carboxylic acids is 1. The van der Waals surface area contributed by atoms with Crippen molar-refractivity contribution in [2.24, 2.45) is 5.92 Å². The molecule has 0 aliphatic rings. The molecule has 0 fully saturated rings. The third-order valence-electron chi connectivity index (χ3n) is 1.67. The quantitative estimate of drug-likeness (QED) is 0.745. The minimum atomic E-state index is -0.967. The number of amides is 2. The van der Waals surface area contributed by atoms with E-state index in [-0.39, 0.29) is 11.7 Å². The molecular weight excluding hydrogens is 234 g/mol. The number of carboxylic acids is 1. The van der Waals surface area contributed by atoms with E-state index in [0.717, 1.165) is 18.9 Å². The van der Waals surface area contributed by atoms with Gasteiger partial charge in [-0.1, -0.05) is 13.8 Å². The molecule has 16 heavy (non-hydrogen) atoms. The topological polar surface area (TPSA) is 92.7 Å². The van der Waals surface area contributed by atoms with Crippen molar-refractivity contribution in [3.05, 3.63) is 0 Å². The Morgan fingerprint density at radius 2 is 1.94 bits per heavy atom. The molecule has 0 bridgehead atoms. The van der Waals surface area contributed by atoms with E-state index < -0.39 is 23.2 Å². The Morgan fingerprint density at radius 3 is 2.31 bits per heavy atom. The van der Waals surface area contributed by atoms with Crippen LogP contribution in [0.15, 0.2) is 0 Å². The molecule has 0 aromatic heterocycles. The highest BCUT2D eigenvalue weighted by molar-refractivity contribution is 8.01. The molecule has 0 aromatic rings.